The van der Waals surface area contributed by atoms with Gasteiger partial charge in [-0.15, -0.1) is 0 Å². The van der Waals surface area contributed by atoms with Gasteiger partial charge in [0, 0.05) is 75.2 Å². The lowest BCUT2D eigenvalue weighted by molar-refractivity contribution is 0.0398. The van der Waals surface area contributed by atoms with Gasteiger partial charge in [-0.1, -0.05) is 24.3 Å². The van der Waals surface area contributed by atoms with Crippen molar-refractivity contribution in [1.29, 1.82) is 0 Å². The molecule has 8 heterocycles. The molecule has 65 heavy (non-hydrogen) atoms. The number of nitrogens with zero attached hydrogens (tertiary/aromatic N) is 8. The highest BCUT2D eigenvalue weighted by Gasteiger charge is 2.26. The number of para-hydroxylation sites is 4. The van der Waals surface area contributed by atoms with Gasteiger partial charge in [0.05, 0.1) is 54.1 Å². The fourth-order valence-electron chi connectivity index (χ4n) is 8.23. The maximum Gasteiger partial charge on any atom is 0.339 e. The van der Waals surface area contributed by atoms with E-state index in [0.29, 0.717) is 34.6 Å². The molecular weight excluding hydrogens is 825 g/mol. The Morgan fingerprint density at radius 2 is 1.08 bits per heavy atom. The van der Waals surface area contributed by atoms with Gasteiger partial charge < -0.3 is 36.3 Å². The van der Waals surface area contributed by atoms with E-state index >= 15 is 0 Å². The van der Waals surface area contributed by atoms with Crippen LogP contribution in [0.2, 0.25) is 0 Å². The Balaban J connectivity index is 0.000000142. The zero-order valence-electron chi connectivity index (χ0n) is 36.3. The van der Waals surface area contributed by atoms with E-state index in [1.165, 1.54) is 12.8 Å². The molecule has 2 saturated carbocycles. The van der Waals surface area contributed by atoms with Crippen LogP contribution in [0.25, 0.3) is 55.4 Å². The summed E-state index contributed by atoms with van der Waals surface area (Å²) in [6.45, 7) is 10.5. The van der Waals surface area contributed by atoms with E-state index in [4.69, 9.17) is 30.2 Å². The van der Waals surface area contributed by atoms with Crippen molar-refractivity contribution in [2.24, 2.45) is 5.73 Å². The average molecular weight is 879 g/mol. The number of rotatable bonds is 11. The summed E-state index contributed by atoms with van der Waals surface area (Å²) in [7, 11) is 0. The fraction of sp³-hybridized carbons (Fsp3) is 0.375. The van der Waals surface area contributed by atoms with Crippen LogP contribution in [-0.4, -0.2) is 146 Å². The molecule has 0 bridgehead atoms. The van der Waals surface area contributed by atoms with Crippen LogP contribution >= 0.6 is 0 Å². The van der Waals surface area contributed by atoms with Crippen LogP contribution in [0.4, 0.5) is 11.6 Å². The van der Waals surface area contributed by atoms with Gasteiger partial charge in [-0.2, -0.15) is 0 Å². The van der Waals surface area contributed by atoms with Gasteiger partial charge in [-0.3, -0.25) is 23.4 Å². The molecule has 2 saturated heterocycles. The highest BCUT2D eigenvalue weighted by Crippen LogP contribution is 2.29. The lowest BCUT2D eigenvalue weighted by Gasteiger charge is -2.26. The van der Waals surface area contributed by atoms with Crippen LogP contribution in [0.3, 0.4) is 0 Å². The van der Waals surface area contributed by atoms with Gasteiger partial charge in [0.1, 0.15) is 28.5 Å². The number of pyridine rings is 4. The van der Waals surface area contributed by atoms with Gasteiger partial charge in [0.25, 0.3) is 5.91 Å². The number of carboxylic acid groups (broad SMARTS) is 1. The van der Waals surface area contributed by atoms with Crippen molar-refractivity contribution in [3.05, 3.63) is 96.1 Å². The number of morpholine rings is 2. The minimum Gasteiger partial charge on any atom is -0.478 e. The quantitative estimate of drug-likeness (QED) is 0.113. The molecule has 0 unspecified atom stereocenters. The molecule has 17 nitrogen and oxygen atoms in total. The predicted molar refractivity (Wildman–Crippen MR) is 252 cm³/mol. The summed E-state index contributed by atoms with van der Waals surface area (Å²) in [6.07, 6.45) is 4.63. The number of amides is 1. The van der Waals surface area contributed by atoms with Crippen LogP contribution in [0.1, 0.15) is 46.4 Å². The van der Waals surface area contributed by atoms with Gasteiger partial charge in [0.2, 0.25) is 0 Å². The highest BCUT2D eigenvalue weighted by atomic mass is 16.5. The number of fused-ring (bicyclic) bond motifs is 10. The molecule has 4 aliphatic rings. The normalized spacial score (nSPS) is 16.9. The smallest absolute Gasteiger partial charge is 0.339 e. The third kappa shape index (κ3) is 9.65. The largest absolute Gasteiger partial charge is 0.478 e. The van der Waals surface area contributed by atoms with E-state index in [9.17, 15) is 14.7 Å². The number of nitrogens with one attached hydrogen (secondary N) is 3. The second-order valence-corrected chi connectivity index (χ2v) is 17.0. The van der Waals surface area contributed by atoms with Crippen molar-refractivity contribution in [1.82, 2.24) is 43.9 Å². The van der Waals surface area contributed by atoms with Crippen LogP contribution in [-0.2, 0) is 9.47 Å². The minimum absolute atomic E-state index is 0.0672. The second-order valence-electron chi connectivity index (χ2n) is 17.0. The summed E-state index contributed by atoms with van der Waals surface area (Å²) in [5.41, 5.74) is 11.9. The van der Waals surface area contributed by atoms with Crippen LogP contribution < -0.4 is 21.7 Å². The molecule has 2 aliphatic heterocycles. The van der Waals surface area contributed by atoms with Crippen molar-refractivity contribution in [3.8, 4) is 0 Å². The van der Waals surface area contributed by atoms with Crippen LogP contribution in [0.15, 0.2) is 84.9 Å². The topological polar surface area (TPSA) is 202 Å². The predicted octanol–water partition coefficient (Wildman–Crippen LogP) is 5.26. The Labute approximate surface area is 374 Å². The molecule has 0 radical (unpaired) electrons. The molecule has 336 valence electrons. The number of aromatic carboxylic acids is 1. The van der Waals surface area contributed by atoms with Crippen molar-refractivity contribution in [3.63, 3.8) is 0 Å². The summed E-state index contributed by atoms with van der Waals surface area (Å²) >= 11 is 0. The van der Waals surface area contributed by atoms with E-state index in [0.717, 1.165) is 142 Å². The number of anilines is 2. The first-order valence-corrected chi connectivity index (χ1v) is 22.7. The Bertz CT molecular complexity index is 3010. The molecular formula is C48H54N12O5. The number of carbonyl (C=O) groups excluding carboxylic acids is 1. The number of hydrogen-bond acceptors (Lipinski definition) is 13. The molecule has 0 spiro atoms. The Morgan fingerprint density at radius 1 is 0.615 bits per heavy atom. The number of hydrogen-bond donors (Lipinski definition) is 5. The van der Waals surface area contributed by atoms with Gasteiger partial charge >= 0.3 is 5.97 Å². The first kappa shape index (κ1) is 42.5. The average Bonchev–Trinajstić information content (AvgIpc) is 4.25. The summed E-state index contributed by atoms with van der Waals surface area (Å²) in [4.78, 5) is 48.6. The Kier molecular flexibility index (Phi) is 12.4. The zero-order valence-corrected chi connectivity index (χ0v) is 36.3. The third-order valence-corrected chi connectivity index (χ3v) is 12.1. The SMILES string of the molecule is NC1CC1.O=C(NC1CC1)c1cc2ccc(NCCN3CCOCC3)nc2n2c1nc1ccccc12.O=C(O)c1cc2ccc(NCCN3CCOCC3)nc2n2c1nc1ccccc12. The standard InChI is InChI=1S/C24H26N6O2.C21H21N5O3.C3H7N/c31-24(26-17-6-7-17)18-15-16-5-8-21(25-9-10-29-11-13-32-14-12-29)28-22(16)30-20-4-2-1-3-19(20)27-23(18)30;27-21(28)15-13-14-5-6-18(22-7-8-25-9-11-29-12-10-25)24-19(14)26-17-4-2-1-3-16(17)23-20(15)26;4-3-1-2-3/h1-5,8,15,17H,6-7,9-14H2,(H,25,28)(H,26,31);1-6,13H,7-12H2,(H,22,24)(H,27,28);3H,1-2,4H2. The van der Waals surface area contributed by atoms with Crippen molar-refractivity contribution in [2.45, 2.75) is 37.8 Å². The molecule has 17 heteroatoms. The zero-order chi connectivity index (χ0) is 44.3. The second kappa shape index (κ2) is 18.9. The maximum absolute atomic E-state index is 13.0. The molecule has 12 rings (SSSR count). The lowest BCUT2D eigenvalue weighted by Crippen LogP contribution is -2.39. The summed E-state index contributed by atoms with van der Waals surface area (Å²) < 4.78 is 14.7. The number of aromatic nitrogens is 6. The lowest BCUT2D eigenvalue weighted by atomic mass is 10.2. The molecule has 1 amide bonds. The molecule has 0 atom stereocenters. The van der Waals surface area contributed by atoms with Crippen molar-refractivity contribution >= 4 is 78.9 Å². The first-order valence-electron chi connectivity index (χ1n) is 22.7. The molecule has 6 aromatic heterocycles. The number of benzene rings is 2. The third-order valence-electron chi connectivity index (χ3n) is 12.1. The van der Waals surface area contributed by atoms with Gasteiger partial charge in [-0.25, -0.2) is 24.7 Å². The molecule has 8 aromatic rings. The van der Waals surface area contributed by atoms with E-state index < -0.39 is 5.97 Å². The van der Waals surface area contributed by atoms with E-state index in [1.54, 1.807) is 6.07 Å². The summed E-state index contributed by atoms with van der Waals surface area (Å²) in [6, 6.07) is 27.8. The van der Waals surface area contributed by atoms with Crippen LogP contribution in [0.5, 0.6) is 0 Å². The molecule has 4 fully saturated rings. The Morgan fingerprint density at radius 3 is 1.54 bits per heavy atom. The number of ether oxygens (including phenoxy) is 2. The highest BCUT2D eigenvalue weighted by molar-refractivity contribution is 6.06. The van der Waals surface area contributed by atoms with E-state index in [-0.39, 0.29) is 11.5 Å². The number of carboxylic acids is 1. The van der Waals surface area contributed by atoms with Crippen molar-refractivity contribution < 1.29 is 24.2 Å². The van der Waals surface area contributed by atoms with Crippen molar-refractivity contribution in [2.75, 3.05) is 89.4 Å². The molecule has 6 N–H and O–H groups in total. The summed E-state index contributed by atoms with van der Waals surface area (Å²) in [5, 5.41) is 21.3. The number of imidazole rings is 2. The van der Waals surface area contributed by atoms with Crippen LogP contribution in [0, 0.1) is 0 Å². The number of nitrogens with two attached hydrogens (primary N) is 1. The first-order chi connectivity index (χ1) is 31.9. The summed E-state index contributed by atoms with van der Waals surface area (Å²) in [5.74, 6) is 0.510. The Hall–Kier alpha value is -6.50. The van der Waals surface area contributed by atoms with Gasteiger partial charge in [0.15, 0.2) is 11.3 Å². The molecule has 2 aromatic carbocycles. The minimum atomic E-state index is -1.00. The molecule has 2 aliphatic carbocycles. The monoisotopic (exact) mass is 878 g/mol. The fourth-order valence-corrected chi connectivity index (χ4v) is 8.23. The van der Waals surface area contributed by atoms with E-state index in [2.05, 4.69) is 30.7 Å². The van der Waals surface area contributed by atoms with Gasteiger partial charge in [-0.05, 0) is 86.3 Å². The van der Waals surface area contributed by atoms with E-state index in [1.807, 2.05) is 87.7 Å². The number of carbonyl (C=O) groups is 2. The maximum atomic E-state index is 13.0.